The second-order valence-corrected chi connectivity index (χ2v) is 11.3. The van der Waals surface area contributed by atoms with E-state index in [9.17, 15) is 0 Å². The van der Waals surface area contributed by atoms with Crippen LogP contribution in [-0.4, -0.2) is 8.32 Å². The van der Waals surface area contributed by atoms with E-state index in [-0.39, 0.29) is 6.10 Å². The van der Waals surface area contributed by atoms with Crippen LogP contribution in [0.15, 0.2) is 30.3 Å². The Balaban J connectivity index is 2.16. The highest BCUT2D eigenvalue weighted by atomic mass is 28.4. The highest BCUT2D eigenvalue weighted by Gasteiger charge is 2.42. The monoisotopic (exact) mass is 274 g/mol. The van der Waals surface area contributed by atoms with Gasteiger partial charge in [0, 0.05) is 0 Å². The lowest BCUT2D eigenvalue weighted by atomic mass is 10.1. The second-order valence-electron chi connectivity index (χ2n) is 6.67. The summed E-state index contributed by atoms with van der Waals surface area (Å²) in [4.78, 5) is 0. The third-order valence-electron chi connectivity index (χ3n) is 4.68. The van der Waals surface area contributed by atoms with E-state index in [4.69, 9.17) is 4.43 Å². The molecule has 19 heavy (non-hydrogen) atoms. The highest BCUT2D eigenvalue weighted by Crippen LogP contribution is 2.45. The van der Waals surface area contributed by atoms with Gasteiger partial charge in [-0.2, -0.15) is 0 Å². The summed E-state index contributed by atoms with van der Waals surface area (Å²) in [6.07, 6.45) is 7.03. The molecule has 2 heteroatoms. The van der Waals surface area contributed by atoms with Crippen LogP contribution in [0.1, 0.15) is 50.8 Å². The molecule has 0 N–H and O–H groups in total. The van der Waals surface area contributed by atoms with E-state index in [0.717, 1.165) is 0 Å². The second kappa shape index (κ2) is 5.26. The van der Waals surface area contributed by atoms with Gasteiger partial charge in [0.25, 0.3) is 0 Å². The van der Waals surface area contributed by atoms with Crippen LogP contribution in [0.3, 0.4) is 0 Å². The third kappa shape index (κ3) is 2.85. The Bertz CT molecular complexity index is 474. The molecule has 1 aliphatic carbocycles. The van der Waals surface area contributed by atoms with Crippen LogP contribution in [0.2, 0.25) is 18.1 Å². The van der Waals surface area contributed by atoms with Gasteiger partial charge in [0.15, 0.2) is 8.32 Å². The average molecular weight is 274 g/mol. The van der Waals surface area contributed by atoms with Crippen molar-refractivity contribution >= 4 is 14.4 Å². The Morgan fingerprint density at radius 3 is 2.58 bits per heavy atom. The molecule has 0 amide bonds. The van der Waals surface area contributed by atoms with Crippen LogP contribution in [0.5, 0.6) is 0 Å². The molecular formula is C17H26OSi. The summed E-state index contributed by atoms with van der Waals surface area (Å²) < 4.78 is 6.59. The summed E-state index contributed by atoms with van der Waals surface area (Å²) in [6, 6.07) is 8.56. The van der Waals surface area contributed by atoms with Crippen molar-refractivity contribution in [3.05, 3.63) is 41.5 Å². The molecule has 1 aromatic carbocycles. The van der Waals surface area contributed by atoms with E-state index in [1.165, 1.54) is 24.0 Å². The first kappa shape index (κ1) is 14.5. The molecule has 0 saturated heterocycles. The molecular weight excluding hydrogens is 248 g/mol. The Kier molecular flexibility index (Phi) is 4.02. The lowest BCUT2D eigenvalue weighted by molar-refractivity contribution is 0.227. The van der Waals surface area contributed by atoms with Gasteiger partial charge in [-0.15, -0.1) is 0 Å². The minimum atomic E-state index is -1.74. The Labute approximate surface area is 118 Å². The van der Waals surface area contributed by atoms with Crippen molar-refractivity contribution in [2.45, 2.75) is 57.8 Å². The quantitative estimate of drug-likeness (QED) is 0.639. The Hall–Kier alpha value is -0.863. The van der Waals surface area contributed by atoms with E-state index < -0.39 is 8.32 Å². The maximum absolute atomic E-state index is 6.59. The van der Waals surface area contributed by atoms with E-state index in [1.807, 2.05) is 0 Å². The molecule has 0 fully saturated rings. The zero-order valence-corrected chi connectivity index (χ0v) is 13.9. The average Bonchev–Trinajstić information content (AvgIpc) is 2.72. The van der Waals surface area contributed by atoms with Gasteiger partial charge in [0.05, 0.1) is 6.10 Å². The van der Waals surface area contributed by atoms with E-state index >= 15 is 0 Å². The maximum Gasteiger partial charge on any atom is 0.193 e. The Morgan fingerprint density at radius 2 is 1.89 bits per heavy atom. The molecule has 0 saturated carbocycles. The van der Waals surface area contributed by atoms with Gasteiger partial charge in [-0.1, -0.05) is 63.6 Å². The van der Waals surface area contributed by atoms with Crippen molar-refractivity contribution in [1.29, 1.82) is 0 Å². The molecule has 0 unspecified atom stereocenters. The first-order valence-electron chi connectivity index (χ1n) is 7.32. The fraction of sp³-hybridized carbons (Fsp3) is 0.529. The van der Waals surface area contributed by atoms with Gasteiger partial charge in [-0.3, -0.25) is 0 Å². The van der Waals surface area contributed by atoms with Crippen LogP contribution in [-0.2, 0) is 4.43 Å². The van der Waals surface area contributed by atoms with Crippen LogP contribution in [0, 0.1) is 0 Å². The van der Waals surface area contributed by atoms with Gasteiger partial charge in [0.2, 0.25) is 0 Å². The lowest BCUT2D eigenvalue weighted by Gasteiger charge is -2.41. The minimum Gasteiger partial charge on any atom is -0.406 e. The number of fused-ring (bicyclic) bond motifs is 1. The number of hydrogen-bond acceptors (Lipinski definition) is 1. The van der Waals surface area contributed by atoms with Crippen molar-refractivity contribution in [2.24, 2.45) is 0 Å². The van der Waals surface area contributed by atoms with Gasteiger partial charge < -0.3 is 4.43 Å². The van der Waals surface area contributed by atoms with Crippen LogP contribution in [0.25, 0.3) is 6.08 Å². The SMILES string of the molecule is CCCC(C)(C)[Si](C)(C)O[C@@H]1C=Cc2ccccc21. The molecule has 104 valence electrons. The van der Waals surface area contributed by atoms with E-state index in [0.29, 0.717) is 5.04 Å². The molecule has 1 nitrogen and oxygen atoms in total. The number of rotatable bonds is 5. The van der Waals surface area contributed by atoms with Crippen molar-refractivity contribution < 1.29 is 4.43 Å². The molecule has 0 heterocycles. The summed E-state index contributed by atoms with van der Waals surface area (Å²) in [5.41, 5.74) is 2.64. The van der Waals surface area contributed by atoms with Crippen molar-refractivity contribution in [3.8, 4) is 0 Å². The molecule has 0 aromatic heterocycles. The molecule has 1 aromatic rings. The van der Waals surface area contributed by atoms with Crippen molar-refractivity contribution in [1.82, 2.24) is 0 Å². The molecule has 2 rings (SSSR count). The van der Waals surface area contributed by atoms with Crippen LogP contribution >= 0.6 is 0 Å². The van der Waals surface area contributed by atoms with Crippen LogP contribution < -0.4 is 0 Å². The molecule has 0 bridgehead atoms. The van der Waals surface area contributed by atoms with Crippen molar-refractivity contribution in [2.75, 3.05) is 0 Å². The van der Waals surface area contributed by atoms with E-state index in [1.54, 1.807) is 0 Å². The molecule has 0 spiro atoms. The maximum atomic E-state index is 6.59. The lowest BCUT2D eigenvalue weighted by Crippen LogP contribution is -2.43. The zero-order valence-electron chi connectivity index (χ0n) is 12.9. The summed E-state index contributed by atoms with van der Waals surface area (Å²) in [5, 5.41) is 0.313. The molecule has 1 aliphatic rings. The van der Waals surface area contributed by atoms with Gasteiger partial charge in [-0.05, 0) is 35.7 Å². The fourth-order valence-electron chi connectivity index (χ4n) is 2.72. The third-order valence-corrected chi connectivity index (χ3v) is 9.03. The fourth-order valence-corrected chi connectivity index (χ4v) is 4.73. The summed E-state index contributed by atoms with van der Waals surface area (Å²) >= 11 is 0. The predicted octanol–water partition coefficient (Wildman–Crippen LogP) is 5.56. The van der Waals surface area contributed by atoms with E-state index in [2.05, 4.69) is 70.3 Å². The van der Waals surface area contributed by atoms with Crippen LogP contribution in [0.4, 0.5) is 0 Å². The summed E-state index contributed by atoms with van der Waals surface area (Å²) in [5.74, 6) is 0. The predicted molar refractivity (Wildman–Crippen MR) is 85.7 cm³/mol. The number of benzene rings is 1. The minimum absolute atomic E-state index is 0.161. The zero-order chi connectivity index (χ0) is 14.1. The smallest absolute Gasteiger partial charge is 0.193 e. The molecule has 1 atom stereocenters. The largest absolute Gasteiger partial charge is 0.406 e. The molecule has 0 aliphatic heterocycles. The van der Waals surface area contributed by atoms with Crippen molar-refractivity contribution in [3.63, 3.8) is 0 Å². The Morgan fingerprint density at radius 1 is 1.21 bits per heavy atom. The summed E-state index contributed by atoms with van der Waals surface area (Å²) in [7, 11) is -1.74. The van der Waals surface area contributed by atoms with Gasteiger partial charge in [-0.25, -0.2) is 0 Å². The van der Waals surface area contributed by atoms with Gasteiger partial charge in [0.1, 0.15) is 0 Å². The first-order valence-corrected chi connectivity index (χ1v) is 10.2. The summed E-state index contributed by atoms with van der Waals surface area (Å²) in [6.45, 7) is 11.7. The van der Waals surface area contributed by atoms with Gasteiger partial charge >= 0.3 is 0 Å². The highest BCUT2D eigenvalue weighted by molar-refractivity contribution is 6.74. The first-order chi connectivity index (χ1) is 8.87. The normalized spacial score (nSPS) is 18.7. The topological polar surface area (TPSA) is 9.23 Å². The molecule has 0 radical (unpaired) electrons. The standard InChI is InChI=1S/C17H26OSi/c1-6-13-17(2,3)19(4,5)18-16-12-11-14-9-7-8-10-15(14)16/h7-12,16H,6,13H2,1-5H3/t16-/m1/s1. The number of hydrogen-bond donors (Lipinski definition) is 0.